The molecule has 0 bridgehead atoms. The van der Waals surface area contributed by atoms with Crippen LogP contribution < -0.4 is 5.73 Å². The molecule has 5 heteroatoms. The number of nitrogens with zero attached hydrogens (tertiary/aromatic N) is 2. The largest absolute Gasteiger partial charge is 0.409 e. The number of carbonyl (C=O) groups is 1. The van der Waals surface area contributed by atoms with Crippen LogP contribution in [0.15, 0.2) is 23.4 Å². The van der Waals surface area contributed by atoms with E-state index in [0.717, 1.165) is 17.5 Å². The number of amides is 1. The summed E-state index contributed by atoms with van der Waals surface area (Å²) in [5.41, 5.74) is 8.33. The first-order valence-electron chi connectivity index (χ1n) is 6.32. The van der Waals surface area contributed by atoms with Crippen LogP contribution in [-0.2, 0) is 0 Å². The zero-order valence-electron chi connectivity index (χ0n) is 11.7. The SMILES string of the molecule is CCCN(CC(N)=NO)C(=O)c1ccc(C)c(C)c1. The summed E-state index contributed by atoms with van der Waals surface area (Å²) >= 11 is 0. The summed E-state index contributed by atoms with van der Waals surface area (Å²) < 4.78 is 0. The minimum absolute atomic E-state index is 0.0330. The first-order valence-corrected chi connectivity index (χ1v) is 6.32. The number of nitrogens with two attached hydrogens (primary N) is 1. The van der Waals surface area contributed by atoms with Crippen LogP contribution >= 0.6 is 0 Å². The Balaban J connectivity index is 2.95. The Kier molecular flexibility index (Phi) is 5.36. The Bertz CT molecular complexity index is 484. The summed E-state index contributed by atoms with van der Waals surface area (Å²) in [6.07, 6.45) is 0.815. The quantitative estimate of drug-likeness (QED) is 0.368. The van der Waals surface area contributed by atoms with E-state index < -0.39 is 0 Å². The molecule has 0 heterocycles. The van der Waals surface area contributed by atoms with Gasteiger partial charge in [-0.05, 0) is 43.5 Å². The van der Waals surface area contributed by atoms with Crippen LogP contribution in [0.2, 0.25) is 0 Å². The molecule has 3 N–H and O–H groups in total. The smallest absolute Gasteiger partial charge is 0.254 e. The number of hydrogen-bond acceptors (Lipinski definition) is 3. The van der Waals surface area contributed by atoms with Crippen LogP contribution in [0.4, 0.5) is 0 Å². The summed E-state index contributed by atoms with van der Waals surface area (Å²) in [6, 6.07) is 5.60. The predicted molar refractivity (Wildman–Crippen MR) is 75.5 cm³/mol. The fourth-order valence-corrected chi connectivity index (χ4v) is 1.81. The molecular formula is C14H21N3O2. The Labute approximate surface area is 113 Å². The van der Waals surface area contributed by atoms with E-state index in [2.05, 4.69) is 5.16 Å². The van der Waals surface area contributed by atoms with Gasteiger partial charge < -0.3 is 15.8 Å². The topological polar surface area (TPSA) is 78.9 Å². The molecule has 5 nitrogen and oxygen atoms in total. The zero-order chi connectivity index (χ0) is 14.4. The van der Waals surface area contributed by atoms with Gasteiger partial charge in [-0.1, -0.05) is 18.1 Å². The average molecular weight is 263 g/mol. The molecule has 0 aliphatic heterocycles. The van der Waals surface area contributed by atoms with Crippen molar-refractivity contribution in [2.45, 2.75) is 27.2 Å². The van der Waals surface area contributed by atoms with Gasteiger partial charge in [-0.25, -0.2) is 0 Å². The summed E-state index contributed by atoms with van der Waals surface area (Å²) in [5.74, 6) is -0.0674. The van der Waals surface area contributed by atoms with Gasteiger partial charge in [0, 0.05) is 12.1 Å². The van der Waals surface area contributed by atoms with E-state index in [4.69, 9.17) is 10.9 Å². The van der Waals surface area contributed by atoms with Gasteiger partial charge in [0.25, 0.3) is 5.91 Å². The van der Waals surface area contributed by atoms with Gasteiger partial charge >= 0.3 is 0 Å². The van der Waals surface area contributed by atoms with Gasteiger partial charge in [0.15, 0.2) is 5.84 Å². The molecule has 1 amide bonds. The molecule has 0 spiro atoms. The molecule has 0 unspecified atom stereocenters. The highest BCUT2D eigenvalue weighted by atomic mass is 16.4. The minimum atomic E-state index is -0.100. The number of aryl methyl sites for hydroxylation is 2. The maximum absolute atomic E-state index is 12.4. The first kappa shape index (κ1) is 15.0. The monoisotopic (exact) mass is 263 g/mol. The molecule has 0 aliphatic rings. The van der Waals surface area contributed by atoms with Crippen LogP contribution in [0, 0.1) is 13.8 Å². The number of hydrogen-bond donors (Lipinski definition) is 2. The number of rotatable bonds is 5. The molecule has 1 aromatic rings. The van der Waals surface area contributed by atoms with Crippen LogP contribution in [-0.4, -0.2) is 34.9 Å². The van der Waals surface area contributed by atoms with Crippen LogP contribution in [0.1, 0.15) is 34.8 Å². The van der Waals surface area contributed by atoms with Gasteiger partial charge in [-0.3, -0.25) is 4.79 Å². The Morgan fingerprint density at radius 2 is 2.05 bits per heavy atom. The van der Waals surface area contributed by atoms with Gasteiger partial charge in [-0.15, -0.1) is 0 Å². The Hall–Kier alpha value is -2.04. The van der Waals surface area contributed by atoms with Crippen molar-refractivity contribution in [3.8, 4) is 0 Å². The lowest BCUT2D eigenvalue weighted by Crippen LogP contribution is -2.39. The van der Waals surface area contributed by atoms with Gasteiger partial charge in [0.2, 0.25) is 0 Å². The van der Waals surface area contributed by atoms with Gasteiger partial charge in [-0.2, -0.15) is 0 Å². The molecule has 0 aliphatic carbocycles. The zero-order valence-corrected chi connectivity index (χ0v) is 11.7. The van der Waals surface area contributed by atoms with Gasteiger partial charge in [0.1, 0.15) is 0 Å². The molecule has 104 valence electrons. The number of benzene rings is 1. The van der Waals surface area contributed by atoms with E-state index in [1.165, 1.54) is 0 Å². The van der Waals surface area contributed by atoms with E-state index in [-0.39, 0.29) is 18.3 Å². The lowest BCUT2D eigenvalue weighted by atomic mass is 10.1. The second-order valence-electron chi connectivity index (χ2n) is 4.62. The van der Waals surface area contributed by atoms with Crippen molar-refractivity contribution in [2.75, 3.05) is 13.1 Å². The van der Waals surface area contributed by atoms with E-state index in [0.29, 0.717) is 12.1 Å². The molecule has 0 saturated heterocycles. The van der Waals surface area contributed by atoms with Crippen molar-refractivity contribution >= 4 is 11.7 Å². The Morgan fingerprint density at radius 3 is 2.58 bits per heavy atom. The number of oxime groups is 1. The highest BCUT2D eigenvalue weighted by Gasteiger charge is 2.16. The Morgan fingerprint density at radius 1 is 1.37 bits per heavy atom. The third-order valence-electron chi connectivity index (χ3n) is 3.02. The minimum Gasteiger partial charge on any atom is -0.409 e. The lowest BCUT2D eigenvalue weighted by molar-refractivity contribution is 0.0778. The van der Waals surface area contributed by atoms with Crippen LogP contribution in [0.3, 0.4) is 0 Å². The lowest BCUT2D eigenvalue weighted by Gasteiger charge is -2.21. The van der Waals surface area contributed by atoms with Crippen LogP contribution in [0.25, 0.3) is 0 Å². The maximum atomic E-state index is 12.4. The molecule has 1 rings (SSSR count). The highest BCUT2D eigenvalue weighted by molar-refractivity contribution is 5.97. The summed E-state index contributed by atoms with van der Waals surface area (Å²) in [6.45, 7) is 6.66. The molecule has 0 atom stereocenters. The van der Waals surface area contributed by atoms with E-state index in [1.54, 1.807) is 11.0 Å². The van der Waals surface area contributed by atoms with Crippen molar-refractivity contribution in [3.05, 3.63) is 34.9 Å². The third-order valence-corrected chi connectivity index (χ3v) is 3.02. The molecule has 1 aromatic carbocycles. The highest BCUT2D eigenvalue weighted by Crippen LogP contribution is 2.12. The van der Waals surface area contributed by atoms with E-state index >= 15 is 0 Å². The number of amidine groups is 1. The molecule has 0 radical (unpaired) electrons. The number of carbonyl (C=O) groups excluding carboxylic acids is 1. The molecule has 0 aromatic heterocycles. The van der Waals surface area contributed by atoms with Crippen molar-refractivity contribution in [1.82, 2.24) is 4.90 Å². The van der Waals surface area contributed by atoms with Crippen molar-refractivity contribution in [1.29, 1.82) is 0 Å². The van der Waals surface area contributed by atoms with Gasteiger partial charge in [0.05, 0.1) is 6.54 Å². The van der Waals surface area contributed by atoms with E-state index in [9.17, 15) is 4.79 Å². The first-order chi connectivity index (χ1) is 8.99. The summed E-state index contributed by atoms with van der Waals surface area (Å²) in [7, 11) is 0. The molecular weight excluding hydrogens is 242 g/mol. The van der Waals surface area contributed by atoms with Crippen molar-refractivity contribution < 1.29 is 10.0 Å². The summed E-state index contributed by atoms with van der Waals surface area (Å²) in [5, 5.41) is 11.5. The van der Waals surface area contributed by atoms with E-state index in [1.807, 2.05) is 32.9 Å². The maximum Gasteiger partial charge on any atom is 0.254 e. The molecule has 19 heavy (non-hydrogen) atoms. The normalized spacial score (nSPS) is 11.4. The second kappa shape index (κ2) is 6.78. The average Bonchev–Trinajstić information content (AvgIpc) is 2.40. The van der Waals surface area contributed by atoms with Crippen LogP contribution in [0.5, 0.6) is 0 Å². The molecule has 0 saturated carbocycles. The second-order valence-corrected chi connectivity index (χ2v) is 4.62. The molecule has 0 fully saturated rings. The summed E-state index contributed by atoms with van der Waals surface area (Å²) in [4.78, 5) is 14.0. The van der Waals surface area contributed by atoms with Crippen molar-refractivity contribution in [2.24, 2.45) is 10.9 Å². The third kappa shape index (κ3) is 3.98. The van der Waals surface area contributed by atoms with Crippen molar-refractivity contribution in [3.63, 3.8) is 0 Å². The predicted octanol–water partition coefficient (Wildman–Crippen LogP) is 1.90. The standard InChI is InChI=1S/C14H21N3O2/c1-4-7-17(9-13(15)16-19)14(18)12-6-5-10(2)11(3)8-12/h5-6,8,19H,4,7,9H2,1-3H3,(H2,15,16). The fraction of sp³-hybridized carbons (Fsp3) is 0.429. The fourth-order valence-electron chi connectivity index (χ4n) is 1.81.